The molecule has 2 N–H and O–H groups in total. The van der Waals surface area contributed by atoms with Crippen molar-refractivity contribution in [2.24, 2.45) is 11.8 Å². The van der Waals surface area contributed by atoms with Crippen LogP contribution in [0.1, 0.15) is 60.9 Å². The SMILES string of the molecule is COCCNC(=O)c1cc(NC(=O)C2CCCCC2)ccc1N1CCC(Cc2ccccc2)CC1. The number of amides is 2. The van der Waals surface area contributed by atoms with Crippen molar-refractivity contribution in [1.82, 2.24) is 5.32 Å². The van der Waals surface area contributed by atoms with E-state index in [2.05, 4.69) is 45.9 Å². The lowest BCUT2D eigenvalue weighted by atomic mass is 9.88. The molecule has 2 amide bonds. The molecule has 2 aromatic rings. The van der Waals surface area contributed by atoms with Gasteiger partial charge in [-0.25, -0.2) is 0 Å². The Morgan fingerprint density at radius 1 is 0.971 bits per heavy atom. The van der Waals surface area contributed by atoms with Crippen LogP contribution < -0.4 is 15.5 Å². The van der Waals surface area contributed by atoms with Crippen molar-refractivity contribution in [3.8, 4) is 0 Å². The summed E-state index contributed by atoms with van der Waals surface area (Å²) in [4.78, 5) is 28.2. The molecule has 188 valence electrons. The van der Waals surface area contributed by atoms with Gasteiger partial charge >= 0.3 is 0 Å². The highest BCUT2D eigenvalue weighted by molar-refractivity contribution is 6.02. The summed E-state index contributed by atoms with van der Waals surface area (Å²) in [6.45, 7) is 2.75. The first-order chi connectivity index (χ1) is 17.1. The van der Waals surface area contributed by atoms with Gasteiger partial charge in [0.05, 0.1) is 12.2 Å². The molecule has 0 spiro atoms. The van der Waals surface area contributed by atoms with Gasteiger partial charge in [-0.3, -0.25) is 9.59 Å². The minimum Gasteiger partial charge on any atom is -0.383 e. The summed E-state index contributed by atoms with van der Waals surface area (Å²) < 4.78 is 5.10. The van der Waals surface area contributed by atoms with Gasteiger partial charge in [0.25, 0.3) is 5.91 Å². The van der Waals surface area contributed by atoms with Crippen LogP contribution in [0, 0.1) is 11.8 Å². The number of carbonyl (C=O) groups excluding carboxylic acids is 2. The highest BCUT2D eigenvalue weighted by atomic mass is 16.5. The van der Waals surface area contributed by atoms with Crippen LogP contribution in [0.2, 0.25) is 0 Å². The fraction of sp³-hybridized carbons (Fsp3) is 0.517. The lowest BCUT2D eigenvalue weighted by Gasteiger charge is -2.35. The van der Waals surface area contributed by atoms with Crippen LogP contribution in [0.4, 0.5) is 11.4 Å². The van der Waals surface area contributed by atoms with Crippen LogP contribution in [0.3, 0.4) is 0 Å². The van der Waals surface area contributed by atoms with E-state index in [0.29, 0.717) is 30.3 Å². The highest BCUT2D eigenvalue weighted by Gasteiger charge is 2.25. The van der Waals surface area contributed by atoms with Crippen LogP contribution in [0.5, 0.6) is 0 Å². The summed E-state index contributed by atoms with van der Waals surface area (Å²) in [5.74, 6) is 0.676. The molecular weight excluding hydrogens is 438 g/mol. The van der Waals surface area contributed by atoms with E-state index in [1.54, 1.807) is 7.11 Å². The number of anilines is 2. The Hall–Kier alpha value is -2.86. The molecule has 0 bridgehead atoms. The third-order valence-electron chi connectivity index (χ3n) is 7.40. The van der Waals surface area contributed by atoms with Crippen molar-refractivity contribution in [3.05, 3.63) is 59.7 Å². The van der Waals surface area contributed by atoms with Crippen molar-refractivity contribution in [2.45, 2.75) is 51.4 Å². The molecule has 1 saturated heterocycles. The number of nitrogens with one attached hydrogen (secondary N) is 2. The average molecular weight is 478 g/mol. The molecule has 4 rings (SSSR count). The molecule has 0 atom stereocenters. The number of benzene rings is 2. The number of piperidine rings is 1. The molecule has 6 nitrogen and oxygen atoms in total. The van der Waals surface area contributed by atoms with Gasteiger partial charge in [0.15, 0.2) is 0 Å². The summed E-state index contributed by atoms with van der Waals surface area (Å²) in [6.07, 6.45) is 8.64. The number of ether oxygens (including phenoxy) is 1. The van der Waals surface area contributed by atoms with Crippen molar-refractivity contribution < 1.29 is 14.3 Å². The summed E-state index contributed by atoms with van der Waals surface area (Å²) in [7, 11) is 1.62. The van der Waals surface area contributed by atoms with E-state index in [1.165, 1.54) is 12.0 Å². The Labute approximate surface area is 209 Å². The fourth-order valence-corrected chi connectivity index (χ4v) is 5.37. The average Bonchev–Trinajstić information content (AvgIpc) is 2.90. The Kier molecular flexibility index (Phi) is 9.18. The number of carbonyl (C=O) groups is 2. The van der Waals surface area contributed by atoms with Crippen molar-refractivity contribution in [2.75, 3.05) is 43.6 Å². The number of nitrogens with zero attached hydrogens (tertiary/aromatic N) is 1. The van der Waals surface area contributed by atoms with Crippen LogP contribution in [0.15, 0.2) is 48.5 Å². The Morgan fingerprint density at radius 2 is 1.71 bits per heavy atom. The zero-order chi connectivity index (χ0) is 24.5. The maximum atomic E-state index is 13.1. The first-order valence-electron chi connectivity index (χ1n) is 13.1. The maximum Gasteiger partial charge on any atom is 0.253 e. The van der Waals surface area contributed by atoms with Gasteiger partial charge in [-0.1, -0.05) is 49.6 Å². The van der Waals surface area contributed by atoms with Gasteiger partial charge in [-0.2, -0.15) is 0 Å². The summed E-state index contributed by atoms with van der Waals surface area (Å²) >= 11 is 0. The van der Waals surface area contributed by atoms with Crippen LogP contribution in [0.25, 0.3) is 0 Å². The highest BCUT2D eigenvalue weighted by Crippen LogP contribution is 2.31. The van der Waals surface area contributed by atoms with E-state index in [-0.39, 0.29) is 17.7 Å². The van der Waals surface area contributed by atoms with Gasteiger partial charge in [0.1, 0.15) is 0 Å². The van der Waals surface area contributed by atoms with Crippen LogP contribution >= 0.6 is 0 Å². The first kappa shape index (κ1) is 25.2. The second-order valence-electron chi connectivity index (χ2n) is 9.92. The van der Waals surface area contributed by atoms with Crippen LogP contribution in [-0.4, -0.2) is 45.2 Å². The molecule has 2 fully saturated rings. The van der Waals surface area contributed by atoms with Gasteiger partial charge in [-0.05, 0) is 61.8 Å². The third kappa shape index (κ3) is 7.07. The number of hydrogen-bond donors (Lipinski definition) is 2. The number of hydrogen-bond acceptors (Lipinski definition) is 4. The zero-order valence-electron chi connectivity index (χ0n) is 20.9. The monoisotopic (exact) mass is 477 g/mol. The predicted molar refractivity (Wildman–Crippen MR) is 141 cm³/mol. The molecule has 0 aromatic heterocycles. The van der Waals surface area contributed by atoms with Crippen molar-refractivity contribution in [3.63, 3.8) is 0 Å². The molecule has 1 aliphatic heterocycles. The second kappa shape index (κ2) is 12.7. The Bertz CT molecular complexity index is 964. The maximum absolute atomic E-state index is 13.1. The van der Waals surface area contributed by atoms with Gasteiger partial charge in [-0.15, -0.1) is 0 Å². The van der Waals surface area contributed by atoms with E-state index >= 15 is 0 Å². The van der Waals surface area contributed by atoms with E-state index in [0.717, 1.165) is 63.7 Å². The topological polar surface area (TPSA) is 70.7 Å². The van der Waals surface area contributed by atoms with E-state index < -0.39 is 0 Å². The smallest absolute Gasteiger partial charge is 0.253 e. The summed E-state index contributed by atoms with van der Waals surface area (Å²) in [5.41, 5.74) is 3.64. The van der Waals surface area contributed by atoms with Gasteiger partial charge in [0, 0.05) is 44.0 Å². The largest absolute Gasteiger partial charge is 0.383 e. The molecular formula is C29H39N3O3. The van der Waals surface area contributed by atoms with E-state index in [4.69, 9.17) is 4.74 Å². The quantitative estimate of drug-likeness (QED) is 0.497. The van der Waals surface area contributed by atoms with Crippen LogP contribution in [-0.2, 0) is 16.0 Å². The van der Waals surface area contributed by atoms with Gasteiger partial charge in [0.2, 0.25) is 5.91 Å². The lowest BCUT2D eigenvalue weighted by Crippen LogP contribution is -2.36. The molecule has 2 aromatic carbocycles. The minimum atomic E-state index is -0.128. The van der Waals surface area contributed by atoms with Gasteiger partial charge < -0.3 is 20.3 Å². The zero-order valence-corrected chi connectivity index (χ0v) is 20.9. The normalized spacial score (nSPS) is 17.2. The van der Waals surface area contributed by atoms with Crippen molar-refractivity contribution >= 4 is 23.2 Å². The second-order valence-corrected chi connectivity index (χ2v) is 9.92. The Balaban J connectivity index is 1.45. The first-order valence-corrected chi connectivity index (χ1v) is 13.1. The van der Waals surface area contributed by atoms with E-state index in [9.17, 15) is 9.59 Å². The number of rotatable bonds is 9. The van der Waals surface area contributed by atoms with Crippen molar-refractivity contribution in [1.29, 1.82) is 0 Å². The Morgan fingerprint density at radius 3 is 2.43 bits per heavy atom. The fourth-order valence-electron chi connectivity index (χ4n) is 5.37. The predicted octanol–water partition coefficient (Wildman–Crippen LogP) is 5.04. The molecule has 6 heteroatoms. The molecule has 0 unspecified atom stereocenters. The number of methoxy groups -OCH3 is 1. The standard InChI is InChI=1S/C29H39N3O3/c1-35-19-16-30-29(34)26-21-25(31-28(33)24-10-6-3-7-11-24)12-13-27(26)32-17-14-23(15-18-32)20-22-8-4-2-5-9-22/h2,4-5,8-9,12-13,21,23-24H,3,6-7,10-11,14-20H2,1H3,(H,30,34)(H,31,33). The lowest BCUT2D eigenvalue weighted by molar-refractivity contribution is -0.120. The van der Waals surface area contributed by atoms with E-state index in [1.807, 2.05) is 18.2 Å². The summed E-state index contributed by atoms with van der Waals surface area (Å²) in [6, 6.07) is 16.5. The third-order valence-corrected chi connectivity index (χ3v) is 7.40. The molecule has 1 aliphatic carbocycles. The summed E-state index contributed by atoms with van der Waals surface area (Å²) in [5, 5.41) is 6.04. The molecule has 2 aliphatic rings. The molecule has 35 heavy (non-hydrogen) atoms. The molecule has 1 saturated carbocycles. The molecule has 1 heterocycles. The molecule has 0 radical (unpaired) electrons. The minimum absolute atomic E-state index is 0.0740.